The molecular weight excluding hydrogens is 424 g/mol. The molecule has 6 heteroatoms. The molecule has 1 heterocycles. The van der Waals surface area contributed by atoms with E-state index in [1.54, 1.807) is 12.1 Å². The van der Waals surface area contributed by atoms with Crippen molar-refractivity contribution in [2.24, 2.45) is 0 Å². The lowest BCUT2D eigenvalue weighted by Gasteiger charge is -2.25. The molecule has 0 bridgehead atoms. The Bertz CT molecular complexity index is 1210. The van der Waals surface area contributed by atoms with E-state index in [4.69, 9.17) is 5.11 Å². The summed E-state index contributed by atoms with van der Waals surface area (Å²) >= 11 is 0. The van der Waals surface area contributed by atoms with Gasteiger partial charge in [-0.15, -0.1) is 0 Å². The summed E-state index contributed by atoms with van der Waals surface area (Å²) in [7, 11) is 0. The number of aromatic nitrogens is 1. The Morgan fingerprint density at radius 3 is 1.97 bits per heavy atom. The lowest BCUT2D eigenvalue weighted by atomic mass is 10.2. The highest BCUT2D eigenvalue weighted by molar-refractivity contribution is 5.85. The normalized spacial score (nSPS) is 10.5. The van der Waals surface area contributed by atoms with Crippen LogP contribution in [0, 0.1) is 0 Å². The molecule has 0 unspecified atom stereocenters. The van der Waals surface area contributed by atoms with Crippen molar-refractivity contribution in [2.45, 2.75) is 19.8 Å². The largest absolute Gasteiger partial charge is 0.477 e. The van der Waals surface area contributed by atoms with E-state index in [9.17, 15) is 4.79 Å². The van der Waals surface area contributed by atoms with Gasteiger partial charge >= 0.3 is 5.97 Å². The first-order valence-electron chi connectivity index (χ1n) is 11.4. The van der Waals surface area contributed by atoms with E-state index in [1.165, 1.54) is 17.4 Å². The number of nitrogens with one attached hydrogen (secondary N) is 2. The van der Waals surface area contributed by atoms with Crippen LogP contribution in [0.2, 0.25) is 0 Å². The summed E-state index contributed by atoms with van der Waals surface area (Å²) in [6.45, 7) is 3.19. The van der Waals surface area contributed by atoms with E-state index in [0.717, 1.165) is 36.4 Å². The van der Waals surface area contributed by atoms with Gasteiger partial charge < -0.3 is 20.6 Å². The van der Waals surface area contributed by atoms with Crippen LogP contribution >= 0.6 is 0 Å². The zero-order valence-electron chi connectivity index (χ0n) is 19.1. The van der Waals surface area contributed by atoms with Crippen molar-refractivity contribution in [3.05, 3.63) is 103 Å². The standard InChI is InChI=1S/C28H28N4O2/c1-2-3-20-32(24-8-5-4-6-9-24)25-18-16-22(17-19-25)29-21-12-14-23(15-13-21)30-27-11-7-10-26(31-27)28(33)34/h4-19,29H,2-3,20H2,1H3,(H,30,31)(H,33,34). The van der Waals surface area contributed by atoms with Crippen LogP contribution in [0.3, 0.4) is 0 Å². The second-order valence-electron chi connectivity index (χ2n) is 7.93. The van der Waals surface area contributed by atoms with Gasteiger partial charge in [0.15, 0.2) is 5.69 Å². The molecule has 3 aromatic carbocycles. The van der Waals surface area contributed by atoms with Gasteiger partial charge in [-0.05, 0) is 79.2 Å². The third-order valence-corrected chi connectivity index (χ3v) is 5.40. The molecule has 34 heavy (non-hydrogen) atoms. The summed E-state index contributed by atoms with van der Waals surface area (Å²) in [6.07, 6.45) is 2.28. The highest BCUT2D eigenvalue weighted by atomic mass is 16.4. The Kier molecular flexibility index (Phi) is 7.40. The lowest BCUT2D eigenvalue weighted by molar-refractivity contribution is 0.0690. The predicted molar refractivity (Wildman–Crippen MR) is 139 cm³/mol. The molecule has 0 spiro atoms. The maximum Gasteiger partial charge on any atom is 0.354 e. The fourth-order valence-electron chi connectivity index (χ4n) is 3.63. The number of carbonyl (C=O) groups is 1. The molecule has 0 aliphatic carbocycles. The van der Waals surface area contributed by atoms with E-state index >= 15 is 0 Å². The number of anilines is 6. The average Bonchev–Trinajstić information content (AvgIpc) is 2.87. The fraction of sp³-hybridized carbons (Fsp3) is 0.143. The minimum absolute atomic E-state index is 0.00672. The molecule has 0 amide bonds. The minimum atomic E-state index is -1.05. The number of nitrogens with zero attached hydrogens (tertiary/aromatic N) is 2. The molecule has 0 saturated carbocycles. The number of benzene rings is 3. The summed E-state index contributed by atoms with van der Waals surface area (Å²) in [5, 5.41) is 15.7. The summed E-state index contributed by atoms with van der Waals surface area (Å²) in [6, 6.07) is 31.6. The highest BCUT2D eigenvalue weighted by Crippen LogP contribution is 2.28. The summed E-state index contributed by atoms with van der Waals surface area (Å²) in [5.41, 5.74) is 5.15. The third-order valence-electron chi connectivity index (χ3n) is 5.40. The van der Waals surface area contributed by atoms with Crippen LogP contribution < -0.4 is 15.5 Å². The lowest BCUT2D eigenvalue weighted by Crippen LogP contribution is -2.18. The molecule has 3 N–H and O–H groups in total. The first kappa shape index (κ1) is 22.9. The third kappa shape index (κ3) is 5.92. The van der Waals surface area contributed by atoms with Crippen LogP contribution in [0.1, 0.15) is 30.3 Å². The number of unbranched alkanes of at least 4 members (excludes halogenated alkanes) is 1. The second kappa shape index (κ2) is 11.0. The van der Waals surface area contributed by atoms with Gasteiger partial charge in [-0.1, -0.05) is 37.6 Å². The molecule has 0 aliphatic heterocycles. The SMILES string of the molecule is CCCCN(c1ccccc1)c1ccc(Nc2ccc(Nc3cccc(C(=O)O)n3)cc2)cc1. The molecular formula is C28H28N4O2. The van der Waals surface area contributed by atoms with Gasteiger partial charge in [0.2, 0.25) is 0 Å². The van der Waals surface area contributed by atoms with Gasteiger partial charge in [0.25, 0.3) is 0 Å². The van der Waals surface area contributed by atoms with Crippen molar-refractivity contribution >= 4 is 40.2 Å². The average molecular weight is 453 g/mol. The quantitative estimate of drug-likeness (QED) is 0.236. The van der Waals surface area contributed by atoms with Gasteiger partial charge in [-0.25, -0.2) is 9.78 Å². The van der Waals surface area contributed by atoms with Crippen molar-refractivity contribution in [1.82, 2.24) is 4.98 Å². The number of pyridine rings is 1. The Morgan fingerprint density at radius 2 is 1.35 bits per heavy atom. The van der Waals surface area contributed by atoms with Crippen LogP contribution in [0.25, 0.3) is 0 Å². The van der Waals surface area contributed by atoms with Crippen LogP contribution in [-0.4, -0.2) is 22.6 Å². The van der Waals surface area contributed by atoms with Crippen LogP contribution in [-0.2, 0) is 0 Å². The number of hydrogen-bond acceptors (Lipinski definition) is 5. The summed E-state index contributed by atoms with van der Waals surface area (Å²) in [5.74, 6) is -0.561. The number of rotatable bonds is 10. The molecule has 1 aromatic heterocycles. The van der Waals surface area contributed by atoms with E-state index in [0.29, 0.717) is 5.82 Å². The zero-order valence-corrected chi connectivity index (χ0v) is 19.1. The highest BCUT2D eigenvalue weighted by Gasteiger charge is 2.09. The predicted octanol–water partition coefficient (Wildman–Crippen LogP) is 7.21. The van der Waals surface area contributed by atoms with Gasteiger partial charge in [-0.3, -0.25) is 0 Å². The Hall–Kier alpha value is -4.32. The summed E-state index contributed by atoms with van der Waals surface area (Å²) < 4.78 is 0. The minimum Gasteiger partial charge on any atom is -0.477 e. The van der Waals surface area contributed by atoms with E-state index in [2.05, 4.69) is 76.0 Å². The Morgan fingerprint density at radius 1 is 0.765 bits per heavy atom. The molecule has 0 atom stereocenters. The van der Waals surface area contributed by atoms with Crippen LogP contribution in [0.5, 0.6) is 0 Å². The maximum absolute atomic E-state index is 11.1. The first-order chi connectivity index (χ1) is 16.6. The number of carboxylic acids is 1. The van der Waals surface area contributed by atoms with Gasteiger partial charge in [0.05, 0.1) is 0 Å². The number of aromatic carboxylic acids is 1. The van der Waals surface area contributed by atoms with Crippen molar-refractivity contribution in [3.63, 3.8) is 0 Å². The molecule has 172 valence electrons. The first-order valence-corrected chi connectivity index (χ1v) is 11.4. The smallest absolute Gasteiger partial charge is 0.354 e. The van der Waals surface area contributed by atoms with E-state index < -0.39 is 5.97 Å². The Balaban J connectivity index is 1.42. The fourth-order valence-corrected chi connectivity index (χ4v) is 3.63. The number of para-hydroxylation sites is 1. The Labute approximate surface area is 199 Å². The zero-order chi connectivity index (χ0) is 23.8. The van der Waals surface area contributed by atoms with Crippen LogP contribution in [0.4, 0.5) is 34.3 Å². The molecule has 4 rings (SSSR count). The topological polar surface area (TPSA) is 77.5 Å². The maximum atomic E-state index is 11.1. The molecule has 0 radical (unpaired) electrons. The molecule has 0 aliphatic rings. The molecule has 6 nitrogen and oxygen atoms in total. The van der Waals surface area contributed by atoms with Gasteiger partial charge in [-0.2, -0.15) is 0 Å². The van der Waals surface area contributed by atoms with E-state index in [1.807, 2.05) is 30.3 Å². The number of carboxylic acid groups (broad SMARTS) is 1. The van der Waals surface area contributed by atoms with Gasteiger partial charge in [0.1, 0.15) is 5.82 Å². The number of hydrogen-bond donors (Lipinski definition) is 3. The van der Waals surface area contributed by atoms with E-state index in [-0.39, 0.29) is 5.69 Å². The summed E-state index contributed by atoms with van der Waals surface area (Å²) in [4.78, 5) is 17.5. The molecule has 0 fully saturated rings. The van der Waals surface area contributed by atoms with Crippen molar-refractivity contribution < 1.29 is 9.90 Å². The monoisotopic (exact) mass is 452 g/mol. The van der Waals surface area contributed by atoms with Crippen molar-refractivity contribution in [3.8, 4) is 0 Å². The van der Waals surface area contributed by atoms with Crippen molar-refractivity contribution in [1.29, 1.82) is 0 Å². The van der Waals surface area contributed by atoms with Gasteiger partial charge in [0, 0.05) is 35.0 Å². The molecule has 4 aromatic rings. The van der Waals surface area contributed by atoms with Crippen LogP contribution in [0.15, 0.2) is 97.1 Å². The molecule has 0 saturated heterocycles. The second-order valence-corrected chi connectivity index (χ2v) is 7.93. The van der Waals surface area contributed by atoms with Crippen molar-refractivity contribution in [2.75, 3.05) is 22.1 Å².